The molecule has 0 aliphatic heterocycles. The summed E-state index contributed by atoms with van der Waals surface area (Å²) in [4.78, 5) is 0. The Bertz CT molecular complexity index is 409. The number of nitriles is 2. The van der Waals surface area contributed by atoms with E-state index in [0.29, 0.717) is 18.6 Å². The number of aliphatic hydroxyl groups is 1. The number of alkyl halides is 4. The van der Waals surface area contributed by atoms with Crippen molar-refractivity contribution in [3.05, 3.63) is 0 Å². The molecule has 0 aromatic rings. The van der Waals surface area contributed by atoms with Crippen molar-refractivity contribution in [3.8, 4) is 10.8 Å². The first-order valence-corrected chi connectivity index (χ1v) is 12.7. The van der Waals surface area contributed by atoms with Gasteiger partial charge in [-0.15, -0.1) is 0 Å². The van der Waals surface area contributed by atoms with Gasteiger partial charge >= 0.3 is 51.4 Å². The molecule has 0 atom stereocenters. The van der Waals surface area contributed by atoms with Gasteiger partial charge in [0.1, 0.15) is 5.40 Å². The predicted octanol–water partition coefficient (Wildman–Crippen LogP) is 2.22. The summed E-state index contributed by atoms with van der Waals surface area (Å²) in [5, 5.41) is 26.0. The van der Waals surface area contributed by atoms with Crippen molar-refractivity contribution in [1.29, 1.82) is 10.5 Å². The summed E-state index contributed by atoms with van der Waals surface area (Å²) in [6, 6.07) is 0. The molecule has 28 heavy (non-hydrogen) atoms. The van der Waals surface area contributed by atoms with Gasteiger partial charge in [0.2, 0.25) is 9.05 Å². The zero-order chi connectivity index (χ0) is 23.0. The number of thiocyanates is 2. The number of rotatable bonds is 8. The van der Waals surface area contributed by atoms with E-state index in [9.17, 15) is 21.6 Å². The zero-order valence-electron chi connectivity index (χ0n) is 15.4. The molecular weight excluding hydrogens is 599 g/mol. The second-order valence-corrected chi connectivity index (χ2v) is 7.84. The van der Waals surface area contributed by atoms with Crippen LogP contribution in [0.5, 0.6) is 0 Å². The van der Waals surface area contributed by atoms with E-state index in [-0.39, 0.29) is 76.9 Å². The Hall–Kier alpha value is 2.24. The first-order chi connectivity index (χ1) is 12.8. The van der Waals surface area contributed by atoms with Gasteiger partial charge in [-0.3, -0.25) is 13.2 Å². The van der Waals surface area contributed by atoms with E-state index in [1.54, 1.807) is 0 Å². The molecule has 1 N–H and O–H groups in total. The molecule has 0 heterocycles. The number of nitrogens with zero attached hydrogens (tertiary/aromatic N) is 2. The Morgan fingerprint density at radius 2 is 1.43 bits per heavy atom. The van der Waals surface area contributed by atoms with E-state index >= 15 is 0 Å². The van der Waals surface area contributed by atoms with Gasteiger partial charge in [-0.05, 0) is 31.0 Å². The van der Waals surface area contributed by atoms with Crippen LogP contribution in [0.2, 0.25) is 0 Å². The molecule has 5 nitrogen and oxygen atoms in total. The molecule has 0 saturated heterocycles. The molecule has 0 aromatic carbocycles. The van der Waals surface area contributed by atoms with Crippen molar-refractivity contribution in [2.75, 3.05) is 44.0 Å². The summed E-state index contributed by atoms with van der Waals surface area (Å²) in [5.41, 5.74) is 0. The minimum Gasteiger partial charge on any atom is -0.696 e. The molecule has 0 aliphatic rings. The quantitative estimate of drug-likeness (QED) is 0.111. The topological polar surface area (TPSA) is 102 Å². The maximum Gasteiger partial charge on any atom is 1.00 e. The van der Waals surface area contributed by atoms with Gasteiger partial charge in [0.05, 0.1) is 25.8 Å². The Balaban J connectivity index is -0.0000000406. The molecule has 0 rings (SSSR count). The molecule has 0 bridgehead atoms. The van der Waals surface area contributed by atoms with E-state index < -0.39 is 15.7 Å². The van der Waals surface area contributed by atoms with Gasteiger partial charge in [-0.2, -0.15) is 5.26 Å². The SMILES string of the molecule is CO.ClCl.FCCCBr.N#CSCCCF.N#C[S-].O=S(=O)(Cl)CCCF.[K+]. The van der Waals surface area contributed by atoms with Gasteiger partial charge in [-0.25, -0.2) is 13.7 Å². The number of halogens is 7. The minimum atomic E-state index is -3.45. The first-order valence-electron chi connectivity index (χ1n) is 6.58. The van der Waals surface area contributed by atoms with E-state index in [1.807, 2.05) is 5.40 Å². The number of hydrogen-bond donors (Lipinski definition) is 1. The second-order valence-electron chi connectivity index (χ2n) is 3.09. The molecule has 0 radical (unpaired) electrons. The maximum absolute atomic E-state index is 11.2. The summed E-state index contributed by atoms with van der Waals surface area (Å²) >= 11 is 7.87. The summed E-state index contributed by atoms with van der Waals surface area (Å²) in [6.07, 6.45) is 1.13. The normalized spacial score (nSPS) is 7.54. The number of thioether (sulfide) groups is 1. The monoisotopic (exact) mass is 618 g/mol. The predicted molar refractivity (Wildman–Crippen MR) is 116 cm³/mol. The number of aliphatic hydroxyl groups excluding tert-OH is 1. The van der Waals surface area contributed by atoms with Gasteiger partial charge in [0.15, 0.2) is 0 Å². The van der Waals surface area contributed by atoms with Crippen molar-refractivity contribution in [2.45, 2.75) is 19.3 Å². The molecule has 166 valence electrons. The van der Waals surface area contributed by atoms with E-state index in [4.69, 9.17) is 26.3 Å². The average molecular weight is 621 g/mol. The van der Waals surface area contributed by atoms with Crippen molar-refractivity contribution >= 4 is 81.8 Å². The number of hydrogen-bond acceptors (Lipinski definition) is 7. The van der Waals surface area contributed by atoms with Crippen LogP contribution in [-0.2, 0) is 21.7 Å². The van der Waals surface area contributed by atoms with Gasteiger partial charge < -0.3 is 17.7 Å². The van der Waals surface area contributed by atoms with Crippen LogP contribution in [0.1, 0.15) is 19.3 Å². The van der Waals surface area contributed by atoms with Gasteiger partial charge in [-0.1, -0.05) is 21.3 Å². The smallest absolute Gasteiger partial charge is 0.696 e. The van der Waals surface area contributed by atoms with Gasteiger partial charge in [0, 0.05) is 50.6 Å². The largest absolute Gasteiger partial charge is 1.00 e. The molecule has 16 heteroatoms. The standard InChI is InChI=1S/C4H6FNS.C3H6BrF.C3H6ClFO2S.CHNS.CH4O.Cl2.K/c5-2-1-3-7-4-6;4-2-1-3-5;4-8(6,7)3-1-2-5;2-1-3;2*1-2;/h1-3H2;1-3H2;1-3H2;3H;2H,1H3;;/q;;;;;;+1/p-1. The Labute approximate surface area is 241 Å². The van der Waals surface area contributed by atoms with E-state index in [2.05, 4.69) is 50.3 Å². The molecule has 0 amide bonds. The summed E-state index contributed by atoms with van der Waals surface area (Å²) in [6.45, 7) is -1.15. The van der Waals surface area contributed by atoms with Crippen molar-refractivity contribution in [1.82, 2.24) is 0 Å². The first kappa shape index (κ1) is 47.9. The van der Waals surface area contributed by atoms with Crippen LogP contribution in [0.15, 0.2) is 0 Å². The molecule has 0 aliphatic carbocycles. The fraction of sp³-hybridized carbons (Fsp3) is 0.833. The van der Waals surface area contributed by atoms with E-state index in [0.717, 1.165) is 24.2 Å². The Morgan fingerprint density at radius 1 is 1.07 bits per heavy atom. The average Bonchev–Trinajstić information content (AvgIpc) is 2.66. The Morgan fingerprint density at radius 3 is 1.57 bits per heavy atom. The van der Waals surface area contributed by atoms with Crippen molar-refractivity contribution in [3.63, 3.8) is 0 Å². The fourth-order valence-corrected chi connectivity index (χ4v) is 1.79. The third kappa shape index (κ3) is 120. The second kappa shape index (κ2) is 56.9. The van der Waals surface area contributed by atoms with Crippen molar-refractivity contribution < 1.29 is 78.1 Å². The molecular formula is C12H22BrCl3F3KN2O3S3. The van der Waals surface area contributed by atoms with Crippen molar-refractivity contribution in [2.24, 2.45) is 0 Å². The minimum absolute atomic E-state index is 0. The third-order valence-electron chi connectivity index (χ3n) is 1.23. The molecule has 0 aromatic heterocycles. The van der Waals surface area contributed by atoms with Crippen LogP contribution in [0.4, 0.5) is 13.2 Å². The summed E-state index contributed by atoms with van der Waals surface area (Å²) in [7, 11) is 10.5. The van der Waals surface area contributed by atoms with Crippen LogP contribution in [0.3, 0.4) is 0 Å². The van der Waals surface area contributed by atoms with Crippen LogP contribution >= 0.6 is 60.1 Å². The van der Waals surface area contributed by atoms with Crippen LogP contribution in [-0.4, -0.2) is 57.5 Å². The van der Waals surface area contributed by atoms with Gasteiger partial charge in [0.25, 0.3) is 0 Å². The fourth-order valence-electron chi connectivity index (χ4n) is 0.450. The van der Waals surface area contributed by atoms with Crippen LogP contribution < -0.4 is 51.4 Å². The van der Waals surface area contributed by atoms with Crippen LogP contribution in [0, 0.1) is 21.3 Å². The van der Waals surface area contributed by atoms with E-state index in [1.165, 1.54) is 5.40 Å². The molecule has 0 fully saturated rings. The molecule has 0 saturated carbocycles. The zero-order valence-corrected chi connectivity index (χ0v) is 24.8. The molecule has 0 spiro atoms. The summed E-state index contributed by atoms with van der Waals surface area (Å²) < 4.78 is 53.3. The third-order valence-corrected chi connectivity index (χ3v) is 3.66. The summed E-state index contributed by atoms with van der Waals surface area (Å²) in [5.74, 6) is 0.345. The maximum atomic E-state index is 11.2. The molecule has 0 unspecified atom stereocenters. The van der Waals surface area contributed by atoms with Crippen LogP contribution in [0.25, 0.3) is 0 Å². The Kier molecular flexibility index (Phi) is 97.3.